The molecule has 0 radical (unpaired) electrons. The summed E-state index contributed by atoms with van der Waals surface area (Å²) in [6.45, 7) is 0. The fourth-order valence-corrected chi connectivity index (χ4v) is 3.22. The van der Waals surface area contributed by atoms with E-state index in [1.54, 1.807) is 11.3 Å². The first kappa shape index (κ1) is 9.96. The third-order valence-electron chi connectivity index (χ3n) is 1.80. The fourth-order valence-electron chi connectivity index (χ4n) is 1.14. The van der Waals surface area contributed by atoms with Gasteiger partial charge >= 0.3 is 0 Å². The minimum Gasteiger partial charge on any atom is -0.297 e. The van der Waals surface area contributed by atoms with Crippen LogP contribution in [0.15, 0.2) is 24.3 Å². The SMILES string of the molecule is O=Cc1ccc(-c2ccc(CS)s2)s1. The predicted molar refractivity (Wildman–Crippen MR) is 65.7 cm³/mol. The largest absolute Gasteiger partial charge is 0.297 e. The van der Waals surface area contributed by atoms with Crippen LogP contribution in [0.5, 0.6) is 0 Å². The zero-order chi connectivity index (χ0) is 9.97. The van der Waals surface area contributed by atoms with Gasteiger partial charge in [0, 0.05) is 20.4 Å². The molecule has 2 aromatic rings. The van der Waals surface area contributed by atoms with Crippen molar-refractivity contribution in [2.24, 2.45) is 0 Å². The van der Waals surface area contributed by atoms with Gasteiger partial charge in [0.25, 0.3) is 0 Å². The lowest BCUT2D eigenvalue weighted by molar-refractivity contribution is 0.112. The minimum atomic E-state index is 0.774. The van der Waals surface area contributed by atoms with Gasteiger partial charge in [0.05, 0.1) is 4.88 Å². The molecule has 0 aliphatic heterocycles. The van der Waals surface area contributed by atoms with Crippen molar-refractivity contribution in [3.8, 4) is 9.75 Å². The predicted octanol–water partition coefficient (Wildman–Crippen LogP) is 3.72. The van der Waals surface area contributed by atoms with Crippen LogP contribution in [0.2, 0.25) is 0 Å². The van der Waals surface area contributed by atoms with Crippen LogP contribution in [0, 0.1) is 0 Å². The number of rotatable bonds is 3. The Bertz CT molecular complexity index is 442. The van der Waals surface area contributed by atoms with Gasteiger partial charge in [0.1, 0.15) is 0 Å². The van der Waals surface area contributed by atoms with Crippen LogP contribution >= 0.6 is 35.3 Å². The summed E-state index contributed by atoms with van der Waals surface area (Å²) >= 11 is 7.47. The van der Waals surface area contributed by atoms with Crippen LogP contribution in [-0.2, 0) is 5.75 Å². The molecule has 0 amide bonds. The highest BCUT2D eigenvalue weighted by Crippen LogP contribution is 2.33. The molecular formula is C10H8OS3. The molecule has 1 nitrogen and oxygen atoms in total. The maximum absolute atomic E-state index is 10.5. The topological polar surface area (TPSA) is 17.1 Å². The van der Waals surface area contributed by atoms with Gasteiger partial charge < -0.3 is 0 Å². The lowest BCUT2D eigenvalue weighted by atomic mass is 10.3. The zero-order valence-electron chi connectivity index (χ0n) is 7.27. The lowest BCUT2D eigenvalue weighted by Gasteiger charge is -1.88. The molecule has 0 spiro atoms. The van der Waals surface area contributed by atoms with Gasteiger partial charge in [-0.2, -0.15) is 12.6 Å². The van der Waals surface area contributed by atoms with Gasteiger partial charge in [-0.1, -0.05) is 0 Å². The van der Waals surface area contributed by atoms with Crippen LogP contribution in [0.1, 0.15) is 14.5 Å². The second kappa shape index (κ2) is 4.29. The number of hydrogen-bond donors (Lipinski definition) is 1. The Kier molecular flexibility index (Phi) is 3.05. The summed E-state index contributed by atoms with van der Waals surface area (Å²) in [4.78, 5) is 14.9. The third kappa shape index (κ3) is 1.92. The van der Waals surface area contributed by atoms with Crippen molar-refractivity contribution in [1.82, 2.24) is 0 Å². The number of thiol groups is 1. The average Bonchev–Trinajstić information content (AvgIpc) is 2.86. The summed E-state index contributed by atoms with van der Waals surface area (Å²) in [5.41, 5.74) is 0. The summed E-state index contributed by atoms with van der Waals surface area (Å²) in [5.74, 6) is 0.774. The van der Waals surface area contributed by atoms with Crippen molar-refractivity contribution in [3.63, 3.8) is 0 Å². The normalized spacial score (nSPS) is 10.4. The van der Waals surface area contributed by atoms with Crippen LogP contribution < -0.4 is 0 Å². The van der Waals surface area contributed by atoms with Crippen LogP contribution in [0.3, 0.4) is 0 Å². The summed E-state index contributed by atoms with van der Waals surface area (Å²) in [7, 11) is 0. The standard InChI is InChI=1S/C10H8OS3/c11-5-7-1-3-9(13-7)10-4-2-8(6-12)14-10/h1-5,12H,6H2. The Labute approximate surface area is 95.8 Å². The van der Waals surface area contributed by atoms with E-state index in [9.17, 15) is 4.79 Å². The van der Waals surface area contributed by atoms with E-state index in [4.69, 9.17) is 0 Å². The quantitative estimate of drug-likeness (QED) is 0.639. The Balaban J connectivity index is 2.33. The summed E-state index contributed by atoms with van der Waals surface area (Å²) < 4.78 is 0. The number of aldehydes is 1. The first-order chi connectivity index (χ1) is 6.83. The van der Waals surface area contributed by atoms with Gasteiger partial charge in [-0.15, -0.1) is 22.7 Å². The van der Waals surface area contributed by atoms with Crippen LogP contribution in [-0.4, -0.2) is 6.29 Å². The van der Waals surface area contributed by atoms with E-state index >= 15 is 0 Å². The second-order valence-corrected chi connectivity index (χ2v) is 5.34. The molecule has 0 fully saturated rings. The molecule has 0 aromatic carbocycles. The average molecular weight is 240 g/mol. The van der Waals surface area contributed by atoms with E-state index in [0.29, 0.717) is 0 Å². The molecular weight excluding hydrogens is 232 g/mol. The molecule has 2 aromatic heterocycles. The van der Waals surface area contributed by atoms with Gasteiger partial charge in [-0.25, -0.2) is 0 Å². The highest BCUT2D eigenvalue weighted by molar-refractivity contribution is 7.79. The Hall–Kier alpha value is -0.580. The maximum Gasteiger partial charge on any atom is 0.160 e. The monoisotopic (exact) mass is 240 g/mol. The summed E-state index contributed by atoms with van der Waals surface area (Å²) in [6, 6.07) is 8.00. The van der Waals surface area contributed by atoms with Crippen molar-refractivity contribution < 1.29 is 4.79 Å². The fraction of sp³-hybridized carbons (Fsp3) is 0.100. The number of carbonyl (C=O) groups is 1. The van der Waals surface area contributed by atoms with E-state index in [1.807, 2.05) is 12.1 Å². The molecule has 0 aliphatic carbocycles. The van der Waals surface area contributed by atoms with E-state index in [1.165, 1.54) is 21.1 Å². The minimum absolute atomic E-state index is 0.774. The third-order valence-corrected chi connectivity index (χ3v) is 4.65. The first-order valence-electron chi connectivity index (χ1n) is 4.08. The molecule has 2 rings (SSSR count). The van der Waals surface area contributed by atoms with Gasteiger partial charge in [-0.05, 0) is 24.3 Å². The van der Waals surface area contributed by atoms with Crippen molar-refractivity contribution >= 4 is 41.6 Å². The molecule has 0 saturated carbocycles. The lowest BCUT2D eigenvalue weighted by Crippen LogP contribution is -1.62. The van der Waals surface area contributed by atoms with Gasteiger partial charge in [0.15, 0.2) is 6.29 Å². The van der Waals surface area contributed by atoms with Crippen LogP contribution in [0.4, 0.5) is 0 Å². The van der Waals surface area contributed by atoms with Gasteiger partial charge in [-0.3, -0.25) is 4.79 Å². The van der Waals surface area contributed by atoms with Crippen LogP contribution in [0.25, 0.3) is 9.75 Å². The highest BCUT2D eigenvalue weighted by atomic mass is 32.1. The zero-order valence-corrected chi connectivity index (χ0v) is 9.79. The molecule has 14 heavy (non-hydrogen) atoms. The molecule has 72 valence electrons. The smallest absolute Gasteiger partial charge is 0.160 e. The molecule has 0 saturated heterocycles. The van der Waals surface area contributed by atoms with E-state index in [0.717, 1.165) is 21.8 Å². The molecule has 4 heteroatoms. The first-order valence-corrected chi connectivity index (χ1v) is 6.35. The van der Waals surface area contributed by atoms with Crippen molar-refractivity contribution in [1.29, 1.82) is 0 Å². The Morgan fingerprint density at radius 2 is 1.86 bits per heavy atom. The second-order valence-electron chi connectivity index (χ2n) is 2.74. The maximum atomic E-state index is 10.5. The van der Waals surface area contributed by atoms with Crippen molar-refractivity contribution in [2.75, 3.05) is 0 Å². The van der Waals surface area contributed by atoms with E-state index < -0.39 is 0 Å². The number of thiophene rings is 2. The van der Waals surface area contributed by atoms with Crippen molar-refractivity contribution in [2.45, 2.75) is 5.75 Å². The number of carbonyl (C=O) groups excluding carboxylic acids is 1. The van der Waals surface area contributed by atoms with Crippen molar-refractivity contribution in [3.05, 3.63) is 34.0 Å². The Morgan fingerprint density at radius 1 is 1.14 bits per heavy atom. The summed E-state index contributed by atoms with van der Waals surface area (Å²) in [6.07, 6.45) is 0.890. The molecule has 0 unspecified atom stereocenters. The molecule has 2 heterocycles. The van der Waals surface area contributed by atoms with E-state index in [2.05, 4.69) is 24.8 Å². The number of hydrogen-bond acceptors (Lipinski definition) is 4. The Morgan fingerprint density at radius 3 is 2.43 bits per heavy atom. The molecule has 0 aliphatic rings. The molecule has 0 atom stereocenters. The van der Waals surface area contributed by atoms with E-state index in [-0.39, 0.29) is 0 Å². The summed E-state index contributed by atoms with van der Waals surface area (Å²) in [5, 5.41) is 0. The molecule has 0 N–H and O–H groups in total. The van der Waals surface area contributed by atoms with Gasteiger partial charge in [0.2, 0.25) is 0 Å². The molecule has 0 bridgehead atoms. The highest BCUT2D eigenvalue weighted by Gasteiger charge is 2.04.